The first-order valence-corrected chi connectivity index (χ1v) is 23.5. The van der Waals surface area contributed by atoms with Gasteiger partial charge in [-0.05, 0) is 89.9 Å². The Bertz CT molecular complexity index is 1100. The van der Waals surface area contributed by atoms with Gasteiger partial charge in [0.05, 0.1) is 0 Å². The first-order chi connectivity index (χ1) is 28.0. The topological polar surface area (TPSA) is 78.9 Å². The summed E-state index contributed by atoms with van der Waals surface area (Å²) < 4.78 is 16.6. The van der Waals surface area contributed by atoms with E-state index < -0.39 is 6.10 Å². The van der Waals surface area contributed by atoms with Gasteiger partial charge < -0.3 is 14.2 Å². The zero-order chi connectivity index (χ0) is 41.5. The first-order valence-electron chi connectivity index (χ1n) is 23.5. The van der Waals surface area contributed by atoms with Crippen molar-refractivity contribution in [2.75, 3.05) is 13.2 Å². The second-order valence-corrected chi connectivity index (χ2v) is 15.4. The van der Waals surface area contributed by atoms with Crippen LogP contribution < -0.4 is 0 Å². The lowest BCUT2D eigenvalue weighted by atomic mass is 10.1. The minimum absolute atomic E-state index is 0.100. The molecule has 6 nitrogen and oxygen atoms in total. The predicted octanol–water partition coefficient (Wildman–Crippen LogP) is 15.1. The van der Waals surface area contributed by atoms with Crippen molar-refractivity contribution in [3.63, 3.8) is 0 Å². The highest BCUT2D eigenvalue weighted by Gasteiger charge is 2.19. The molecule has 0 aromatic carbocycles. The Labute approximate surface area is 351 Å². The second kappa shape index (κ2) is 45.6. The van der Waals surface area contributed by atoms with Crippen LogP contribution in [0.1, 0.15) is 213 Å². The highest BCUT2D eigenvalue weighted by molar-refractivity contribution is 5.71. The van der Waals surface area contributed by atoms with Crippen LogP contribution in [-0.2, 0) is 28.6 Å². The van der Waals surface area contributed by atoms with Crippen molar-refractivity contribution in [1.82, 2.24) is 0 Å². The average Bonchev–Trinajstić information content (AvgIpc) is 3.21. The molecular weight excluding hydrogens is 709 g/mol. The molecule has 6 heteroatoms. The highest BCUT2D eigenvalue weighted by Crippen LogP contribution is 2.12. The molecule has 1 unspecified atom stereocenters. The smallest absolute Gasteiger partial charge is 0.306 e. The second-order valence-electron chi connectivity index (χ2n) is 15.4. The van der Waals surface area contributed by atoms with Crippen molar-refractivity contribution in [3.8, 4) is 0 Å². The summed E-state index contributed by atoms with van der Waals surface area (Å²) in [7, 11) is 0. The number of hydrogen-bond donors (Lipinski definition) is 0. The molecule has 0 heterocycles. The molecule has 1 atom stereocenters. The SMILES string of the molecule is CCCCC\C=C/C=C\C=C/C=C\CCCCCCCC(=O)OCC(COC(=O)CCC/C=C\CCCCCC)OC(=O)CCCCCCC/C=C\CCCCC. The fourth-order valence-electron chi connectivity index (χ4n) is 6.16. The molecule has 0 amide bonds. The van der Waals surface area contributed by atoms with Gasteiger partial charge in [0.2, 0.25) is 0 Å². The summed E-state index contributed by atoms with van der Waals surface area (Å²) in [6.07, 6.45) is 56.0. The van der Waals surface area contributed by atoms with Gasteiger partial charge in [-0.25, -0.2) is 0 Å². The summed E-state index contributed by atoms with van der Waals surface area (Å²) in [5.41, 5.74) is 0. The molecule has 0 rings (SSSR count). The van der Waals surface area contributed by atoms with Gasteiger partial charge in [-0.3, -0.25) is 14.4 Å². The number of allylic oxidation sites excluding steroid dienone is 12. The molecule has 0 spiro atoms. The third-order valence-corrected chi connectivity index (χ3v) is 9.75. The molecule has 326 valence electrons. The first kappa shape index (κ1) is 53.9. The highest BCUT2D eigenvalue weighted by atomic mass is 16.6. The molecule has 0 aliphatic heterocycles. The number of rotatable bonds is 41. The number of hydrogen-bond acceptors (Lipinski definition) is 6. The molecule has 0 radical (unpaired) electrons. The summed E-state index contributed by atoms with van der Waals surface area (Å²) in [6.45, 7) is 6.47. The number of unbranched alkanes of at least 4 members (excludes halogenated alkanes) is 21. The molecule has 0 aliphatic rings. The standard InChI is InChI=1S/C51H86O6/c1-4-7-10-13-16-19-21-23-24-25-26-27-28-30-32-35-38-41-44-50(53)56-47-48(46-55-49(52)43-40-37-34-31-18-15-12-9-6-3)57-51(54)45-42-39-36-33-29-22-20-17-14-11-8-5-2/h16-17,19-21,23-27,31,34,48H,4-15,18,22,28-30,32-33,35-47H2,1-3H3/b19-16-,20-17-,23-21-,25-24-,27-26-,34-31-. The van der Waals surface area contributed by atoms with E-state index in [2.05, 4.69) is 93.7 Å². The molecule has 0 aromatic rings. The third-order valence-electron chi connectivity index (χ3n) is 9.75. The van der Waals surface area contributed by atoms with E-state index in [9.17, 15) is 14.4 Å². The summed E-state index contributed by atoms with van der Waals surface area (Å²) in [5.74, 6) is -0.972. The largest absolute Gasteiger partial charge is 0.462 e. The van der Waals surface area contributed by atoms with E-state index in [-0.39, 0.29) is 31.1 Å². The van der Waals surface area contributed by atoms with Crippen LogP contribution in [0.3, 0.4) is 0 Å². The summed E-state index contributed by atoms with van der Waals surface area (Å²) in [5, 5.41) is 0. The molecule has 0 fully saturated rings. The Morgan fingerprint density at radius 1 is 0.351 bits per heavy atom. The third kappa shape index (κ3) is 43.8. The zero-order valence-corrected chi connectivity index (χ0v) is 37.1. The monoisotopic (exact) mass is 795 g/mol. The van der Waals surface area contributed by atoms with Crippen molar-refractivity contribution in [2.24, 2.45) is 0 Å². The van der Waals surface area contributed by atoms with E-state index in [1.165, 1.54) is 77.0 Å². The van der Waals surface area contributed by atoms with E-state index in [0.717, 1.165) is 89.9 Å². The Hall–Kier alpha value is -3.15. The Morgan fingerprint density at radius 3 is 1.14 bits per heavy atom. The van der Waals surface area contributed by atoms with Crippen LogP contribution >= 0.6 is 0 Å². The van der Waals surface area contributed by atoms with Gasteiger partial charge in [0.25, 0.3) is 0 Å². The van der Waals surface area contributed by atoms with Crippen molar-refractivity contribution in [1.29, 1.82) is 0 Å². The molecule has 0 saturated heterocycles. The van der Waals surface area contributed by atoms with Gasteiger partial charge in [-0.2, -0.15) is 0 Å². The van der Waals surface area contributed by atoms with E-state index in [0.29, 0.717) is 25.7 Å². The quantitative estimate of drug-likeness (QED) is 0.0202. The van der Waals surface area contributed by atoms with Crippen molar-refractivity contribution in [3.05, 3.63) is 72.9 Å². The predicted molar refractivity (Wildman–Crippen MR) is 242 cm³/mol. The summed E-state index contributed by atoms with van der Waals surface area (Å²) in [6, 6.07) is 0. The summed E-state index contributed by atoms with van der Waals surface area (Å²) in [4.78, 5) is 37.7. The van der Waals surface area contributed by atoms with Crippen LogP contribution in [0, 0.1) is 0 Å². The zero-order valence-electron chi connectivity index (χ0n) is 37.1. The number of ether oxygens (including phenoxy) is 3. The molecule has 0 aromatic heterocycles. The number of carbonyl (C=O) groups excluding carboxylic acids is 3. The van der Waals surface area contributed by atoms with Crippen molar-refractivity contribution in [2.45, 2.75) is 219 Å². The van der Waals surface area contributed by atoms with Gasteiger partial charge in [0, 0.05) is 19.3 Å². The van der Waals surface area contributed by atoms with E-state index in [4.69, 9.17) is 14.2 Å². The van der Waals surface area contributed by atoms with Crippen LogP contribution in [-0.4, -0.2) is 37.2 Å². The van der Waals surface area contributed by atoms with Gasteiger partial charge in [0.15, 0.2) is 6.10 Å². The van der Waals surface area contributed by atoms with Crippen LogP contribution in [0.25, 0.3) is 0 Å². The van der Waals surface area contributed by atoms with Gasteiger partial charge >= 0.3 is 17.9 Å². The molecule has 0 N–H and O–H groups in total. The van der Waals surface area contributed by atoms with E-state index in [1.54, 1.807) is 0 Å². The molecule has 0 saturated carbocycles. The lowest BCUT2D eigenvalue weighted by Crippen LogP contribution is -2.30. The van der Waals surface area contributed by atoms with Crippen molar-refractivity contribution < 1.29 is 28.6 Å². The fraction of sp³-hybridized carbons (Fsp3) is 0.706. The molecular formula is C51H86O6. The summed E-state index contributed by atoms with van der Waals surface area (Å²) >= 11 is 0. The average molecular weight is 795 g/mol. The van der Waals surface area contributed by atoms with Crippen LogP contribution in [0.4, 0.5) is 0 Å². The lowest BCUT2D eigenvalue weighted by Gasteiger charge is -2.18. The number of carbonyl (C=O) groups is 3. The Balaban J connectivity index is 4.43. The van der Waals surface area contributed by atoms with Crippen LogP contribution in [0.15, 0.2) is 72.9 Å². The maximum Gasteiger partial charge on any atom is 0.306 e. The van der Waals surface area contributed by atoms with Gasteiger partial charge in [0.1, 0.15) is 13.2 Å². The fourth-order valence-corrected chi connectivity index (χ4v) is 6.16. The minimum Gasteiger partial charge on any atom is -0.462 e. The maximum absolute atomic E-state index is 12.7. The van der Waals surface area contributed by atoms with Crippen LogP contribution in [0.2, 0.25) is 0 Å². The van der Waals surface area contributed by atoms with Gasteiger partial charge in [-0.1, -0.05) is 177 Å². The maximum atomic E-state index is 12.7. The minimum atomic E-state index is -0.798. The Morgan fingerprint density at radius 2 is 0.667 bits per heavy atom. The Kier molecular flexibility index (Phi) is 43.0. The number of esters is 3. The normalized spacial score (nSPS) is 12.7. The van der Waals surface area contributed by atoms with Gasteiger partial charge in [-0.15, -0.1) is 0 Å². The van der Waals surface area contributed by atoms with Crippen molar-refractivity contribution >= 4 is 17.9 Å². The van der Waals surface area contributed by atoms with E-state index >= 15 is 0 Å². The van der Waals surface area contributed by atoms with E-state index in [1.807, 2.05) is 0 Å². The molecule has 0 bridgehead atoms. The lowest BCUT2D eigenvalue weighted by molar-refractivity contribution is -0.167. The van der Waals surface area contributed by atoms with Crippen LogP contribution in [0.5, 0.6) is 0 Å². The molecule has 57 heavy (non-hydrogen) atoms. The molecule has 0 aliphatic carbocycles.